The summed E-state index contributed by atoms with van der Waals surface area (Å²) in [4.78, 5) is 11.4. The lowest BCUT2D eigenvalue weighted by molar-refractivity contribution is 0.0601. The van der Waals surface area contributed by atoms with E-state index >= 15 is 0 Å². The van der Waals surface area contributed by atoms with Crippen molar-refractivity contribution in [1.82, 2.24) is 10.5 Å². The molecule has 0 aromatic carbocycles. The molecule has 0 radical (unpaired) electrons. The lowest BCUT2D eigenvalue weighted by Gasteiger charge is -2.09. The first-order chi connectivity index (χ1) is 7.15. The van der Waals surface area contributed by atoms with Gasteiger partial charge in [0, 0.05) is 19.2 Å². The Labute approximate surface area is 87.2 Å². The van der Waals surface area contributed by atoms with Gasteiger partial charge in [0.2, 0.25) is 5.76 Å². The zero-order valence-electron chi connectivity index (χ0n) is 8.69. The average Bonchev–Trinajstić information content (AvgIpc) is 2.61. The van der Waals surface area contributed by atoms with Gasteiger partial charge in [-0.15, -0.1) is 0 Å². The van der Waals surface area contributed by atoms with E-state index < -0.39 is 6.10 Å². The van der Waals surface area contributed by atoms with E-state index in [9.17, 15) is 9.90 Å². The zero-order chi connectivity index (χ0) is 11.3. The number of nitrogens with zero attached hydrogens (tertiary/aromatic N) is 1. The minimum absolute atomic E-state index is 0.118. The maximum atomic E-state index is 11.4. The number of carbonyl (C=O) groups excluding carboxylic acids is 1. The quantitative estimate of drug-likeness (QED) is 0.704. The lowest BCUT2D eigenvalue weighted by Crippen LogP contribution is -2.34. The maximum Gasteiger partial charge on any atom is 0.290 e. The molecular weight excluding hydrogens is 200 g/mol. The standard InChI is InChI=1S/C9H14N2O4/c1-6-3-11-15-8(6)9(13)10-4-7(12)5-14-2/h3,7,12H,4-5H2,1-2H3,(H,10,13). The summed E-state index contributed by atoms with van der Waals surface area (Å²) in [6.07, 6.45) is 0.739. The fourth-order valence-electron chi connectivity index (χ4n) is 1.05. The third kappa shape index (κ3) is 3.34. The molecule has 1 heterocycles. The number of aliphatic hydroxyl groups is 1. The molecule has 1 unspecified atom stereocenters. The minimum atomic E-state index is -0.720. The summed E-state index contributed by atoms with van der Waals surface area (Å²) < 4.78 is 9.46. The number of rotatable bonds is 5. The van der Waals surface area contributed by atoms with Gasteiger partial charge in [-0.2, -0.15) is 0 Å². The van der Waals surface area contributed by atoms with Crippen LogP contribution in [0.1, 0.15) is 16.1 Å². The molecule has 84 valence electrons. The van der Waals surface area contributed by atoms with Crippen LogP contribution < -0.4 is 5.32 Å². The van der Waals surface area contributed by atoms with Gasteiger partial charge in [-0.25, -0.2) is 0 Å². The number of hydrogen-bond donors (Lipinski definition) is 2. The highest BCUT2D eigenvalue weighted by molar-refractivity contribution is 5.92. The molecule has 0 spiro atoms. The van der Waals surface area contributed by atoms with Gasteiger partial charge in [-0.3, -0.25) is 4.79 Å². The monoisotopic (exact) mass is 214 g/mol. The highest BCUT2D eigenvalue weighted by atomic mass is 16.5. The van der Waals surface area contributed by atoms with Gasteiger partial charge in [0.1, 0.15) is 0 Å². The second-order valence-corrected chi connectivity index (χ2v) is 3.16. The first-order valence-corrected chi connectivity index (χ1v) is 4.51. The molecule has 0 aliphatic carbocycles. The molecule has 2 N–H and O–H groups in total. The number of amides is 1. The van der Waals surface area contributed by atoms with Crippen LogP contribution in [0.5, 0.6) is 0 Å². The van der Waals surface area contributed by atoms with Gasteiger partial charge < -0.3 is 19.7 Å². The van der Waals surface area contributed by atoms with Crippen LogP contribution in [0.15, 0.2) is 10.7 Å². The molecule has 1 rings (SSSR count). The van der Waals surface area contributed by atoms with Crippen molar-refractivity contribution in [2.24, 2.45) is 0 Å². The van der Waals surface area contributed by atoms with E-state index in [1.807, 2.05) is 0 Å². The second-order valence-electron chi connectivity index (χ2n) is 3.16. The van der Waals surface area contributed by atoms with Crippen molar-refractivity contribution in [2.75, 3.05) is 20.3 Å². The average molecular weight is 214 g/mol. The van der Waals surface area contributed by atoms with Gasteiger partial charge in [0.05, 0.1) is 18.9 Å². The molecule has 0 aliphatic rings. The van der Waals surface area contributed by atoms with E-state index in [1.165, 1.54) is 13.3 Å². The normalized spacial score (nSPS) is 12.5. The van der Waals surface area contributed by atoms with Crippen molar-refractivity contribution < 1.29 is 19.2 Å². The Balaban J connectivity index is 2.40. The number of methoxy groups -OCH3 is 1. The molecule has 0 saturated heterocycles. The Morgan fingerprint density at radius 1 is 1.80 bits per heavy atom. The van der Waals surface area contributed by atoms with Crippen molar-refractivity contribution in [1.29, 1.82) is 0 Å². The van der Waals surface area contributed by atoms with Gasteiger partial charge in [-0.05, 0) is 6.92 Å². The minimum Gasteiger partial charge on any atom is -0.389 e. The Morgan fingerprint density at radius 3 is 3.07 bits per heavy atom. The van der Waals surface area contributed by atoms with Crippen LogP contribution in [0, 0.1) is 6.92 Å². The Hall–Kier alpha value is -1.40. The van der Waals surface area contributed by atoms with Crippen molar-refractivity contribution in [3.8, 4) is 0 Å². The van der Waals surface area contributed by atoms with E-state index in [2.05, 4.69) is 10.5 Å². The summed E-state index contributed by atoms with van der Waals surface area (Å²) >= 11 is 0. The summed E-state index contributed by atoms with van der Waals surface area (Å²) in [6.45, 7) is 2.01. The number of aromatic nitrogens is 1. The second kappa shape index (κ2) is 5.47. The number of aryl methyl sites for hydroxylation is 1. The van der Waals surface area contributed by atoms with Crippen molar-refractivity contribution >= 4 is 5.91 Å². The van der Waals surface area contributed by atoms with Crippen LogP contribution in [0.2, 0.25) is 0 Å². The third-order valence-corrected chi connectivity index (χ3v) is 1.81. The van der Waals surface area contributed by atoms with Crippen LogP contribution in [-0.4, -0.2) is 42.5 Å². The summed E-state index contributed by atoms with van der Waals surface area (Å²) in [6, 6.07) is 0. The lowest BCUT2D eigenvalue weighted by atomic mass is 10.3. The number of carbonyl (C=O) groups is 1. The third-order valence-electron chi connectivity index (χ3n) is 1.81. The molecule has 6 heteroatoms. The molecule has 1 amide bonds. The van der Waals surface area contributed by atoms with E-state index in [4.69, 9.17) is 9.26 Å². The number of ether oxygens (including phenoxy) is 1. The highest BCUT2D eigenvalue weighted by Crippen LogP contribution is 2.04. The number of nitrogens with one attached hydrogen (secondary N) is 1. The largest absolute Gasteiger partial charge is 0.389 e. The number of hydrogen-bond acceptors (Lipinski definition) is 5. The van der Waals surface area contributed by atoms with E-state index in [-0.39, 0.29) is 24.8 Å². The summed E-state index contributed by atoms with van der Waals surface area (Å²) in [5.74, 6) is -0.222. The van der Waals surface area contributed by atoms with Crippen LogP contribution >= 0.6 is 0 Å². The van der Waals surface area contributed by atoms with Crippen LogP contribution in [-0.2, 0) is 4.74 Å². The first kappa shape index (κ1) is 11.7. The van der Waals surface area contributed by atoms with Crippen molar-refractivity contribution in [3.63, 3.8) is 0 Å². The van der Waals surface area contributed by atoms with Gasteiger partial charge >= 0.3 is 0 Å². The predicted octanol–water partition coefficient (Wildman–Crippen LogP) is -0.280. The molecule has 1 aromatic rings. The summed E-state index contributed by atoms with van der Waals surface area (Å²) in [7, 11) is 1.48. The van der Waals surface area contributed by atoms with Crippen LogP contribution in [0.4, 0.5) is 0 Å². The number of aliphatic hydroxyl groups excluding tert-OH is 1. The smallest absolute Gasteiger partial charge is 0.290 e. The molecule has 6 nitrogen and oxygen atoms in total. The van der Waals surface area contributed by atoms with Gasteiger partial charge in [0.25, 0.3) is 5.91 Å². The van der Waals surface area contributed by atoms with E-state index in [0.29, 0.717) is 5.56 Å². The molecule has 15 heavy (non-hydrogen) atoms. The molecule has 1 aromatic heterocycles. The Bertz CT molecular complexity index is 324. The van der Waals surface area contributed by atoms with E-state index in [1.54, 1.807) is 6.92 Å². The molecular formula is C9H14N2O4. The molecule has 0 saturated carbocycles. The highest BCUT2D eigenvalue weighted by Gasteiger charge is 2.14. The zero-order valence-corrected chi connectivity index (χ0v) is 8.69. The van der Waals surface area contributed by atoms with Crippen LogP contribution in [0.25, 0.3) is 0 Å². The van der Waals surface area contributed by atoms with Crippen molar-refractivity contribution in [2.45, 2.75) is 13.0 Å². The SMILES string of the molecule is COCC(O)CNC(=O)c1oncc1C. The van der Waals surface area contributed by atoms with Crippen molar-refractivity contribution in [3.05, 3.63) is 17.5 Å². The maximum absolute atomic E-state index is 11.4. The Kier molecular flexibility index (Phi) is 4.26. The fourth-order valence-corrected chi connectivity index (χ4v) is 1.05. The predicted molar refractivity (Wildman–Crippen MR) is 51.5 cm³/mol. The molecule has 1 atom stereocenters. The van der Waals surface area contributed by atoms with Crippen LogP contribution in [0.3, 0.4) is 0 Å². The first-order valence-electron chi connectivity index (χ1n) is 4.51. The molecule has 0 bridgehead atoms. The summed E-state index contributed by atoms with van der Waals surface area (Å²) in [5.41, 5.74) is 0.661. The summed E-state index contributed by atoms with van der Waals surface area (Å²) in [5, 5.41) is 15.3. The molecule has 0 aliphatic heterocycles. The Morgan fingerprint density at radius 2 is 2.53 bits per heavy atom. The van der Waals surface area contributed by atoms with E-state index in [0.717, 1.165) is 0 Å². The molecule has 0 fully saturated rings. The van der Waals surface area contributed by atoms with Gasteiger partial charge in [0.15, 0.2) is 0 Å². The fraction of sp³-hybridized carbons (Fsp3) is 0.556. The topological polar surface area (TPSA) is 84.6 Å². The van der Waals surface area contributed by atoms with Gasteiger partial charge in [-0.1, -0.05) is 5.16 Å².